The van der Waals surface area contributed by atoms with E-state index in [-0.39, 0.29) is 0 Å². The van der Waals surface area contributed by atoms with Crippen LogP contribution in [-0.4, -0.2) is 37.1 Å². The van der Waals surface area contributed by atoms with Crippen molar-refractivity contribution >= 4 is 0 Å². The largest absolute Gasteiger partial charge is 0.313 e. The molecule has 1 fully saturated rings. The van der Waals surface area contributed by atoms with Gasteiger partial charge in [-0.3, -0.25) is 0 Å². The zero-order chi connectivity index (χ0) is 10.6. The predicted octanol–water partition coefficient (Wildman–Crippen LogP) is 2.11. The highest BCUT2D eigenvalue weighted by Crippen LogP contribution is 2.28. The number of nitrogens with one attached hydrogen (secondary N) is 1. The second kappa shape index (κ2) is 5.13. The van der Waals surface area contributed by atoms with Crippen molar-refractivity contribution in [3.05, 3.63) is 0 Å². The molecule has 1 unspecified atom stereocenters. The first-order valence-electron chi connectivity index (χ1n) is 5.99. The van der Waals surface area contributed by atoms with Gasteiger partial charge in [0, 0.05) is 25.7 Å². The van der Waals surface area contributed by atoms with Crippen molar-refractivity contribution in [2.45, 2.75) is 46.6 Å². The van der Waals surface area contributed by atoms with E-state index in [4.69, 9.17) is 0 Å². The van der Waals surface area contributed by atoms with Crippen LogP contribution in [0.15, 0.2) is 0 Å². The first-order valence-corrected chi connectivity index (χ1v) is 5.99. The molecule has 84 valence electrons. The summed E-state index contributed by atoms with van der Waals surface area (Å²) in [6.45, 7) is 14.2. The van der Waals surface area contributed by atoms with Gasteiger partial charge in [0.2, 0.25) is 0 Å². The molecule has 0 aromatic heterocycles. The standard InChI is InChI=1S/C12H26N2/c1-5-11(2)13-7-9-14-8-6-12(3,4)10-14/h11,13H,5-10H2,1-4H3. The van der Waals surface area contributed by atoms with E-state index in [0.29, 0.717) is 11.5 Å². The summed E-state index contributed by atoms with van der Waals surface area (Å²) in [6.07, 6.45) is 2.59. The van der Waals surface area contributed by atoms with Crippen molar-refractivity contribution in [3.8, 4) is 0 Å². The zero-order valence-electron chi connectivity index (χ0n) is 10.3. The molecule has 0 spiro atoms. The highest BCUT2D eigenvalue weighted by Gasteiger charge is 2.28. The monoisotopic (exact) mass is 198 g/mol. The van der Waals surface area contributed by atoms with Crippen LogP contribution in [0.25, 0.3) is 0 Å². The first kappa shape index (κ1) is 12.0. The Morgan fingerprint density at radius 2 is 2.14 bits per heavy atom. The van der Waals surface area contributed by atoms with Gasteiger partial charge in [0.25, 0.3) is 0 Å². The molecular formula is C12H26N2. The lowest BCUT2D eigenvalue weighted by molar-refractivity contribution is 0.286. The van der Waals surface area contributed by atoms with E-state index in [0.717, 1.165) is 6.54 Å². The van der Waals surface area contributed by atoms with Crippen LogP contribution in [-0.2, 0) is 0 Å². The zero-order valence-corrected chi connectivity index (χ0v) is 10.3. The predicted molar refractivity (Wildman–Crippen MR) is 62.6 cm³/mol. The van der Waals surface area contributed by atoms with E-state index in [9.17, 15) is 0 Å². The lowest BCUT2D eigenvalue weighted by Gasteiger charge is -2.20. The highest BCUT2D eigenvalue weighted by molar-refractivity contribution is 4.82. The molecule has 0 radical (unpaired) electrons. The van der Waals surface area contributed by atoms with Gasteiger partial charge in [0.1, 0.15) is 0 Å². The quantitative estimate of drug-likeness (QED) is 0.728. The molecule has 0 aliphatic carbocycles. The summed E-state index contributed by atoms with van der Waals surface area (Å²) < 4.78 is 0. The van der Waals surface area contributed by atoms with Crippen LogP contribution in [0, 0.1) is 5.41 Å². The Labute approximate surface area is 89.1 Å². The Balaban J connectivity index is 2.09. The molecule has 2 heteroatoms. The van der Waals surface area contributed by atoms with Crippen molar-refractivity contribution in [2.24, 2.45) is 5.41 Å². The van der Waals surface area contributed by atoms with Gasteiger partial charge in [-0.1, -0.05) is 20.8 Å². The second-order valence-corrected chi connectivity index (χ2v) is 5.45. The van der Waals surface area contributed by atoms with Crippen LogP contribution >= 0.6 is 0 Å². The van der Waals surface area contributed by atoms with Crippen molar-refractivity contribution in [1.29, 1.82) is 0 Å². The van der Waals surface area contributed by atoms with Gasteiger partial charge in [-0.05, 0) is 31.7 Å². The molecule has 0 aromatic carbocycles. The van der Waals surface area contributed by atoms with Crippen LogP contribution in [0.2, 0.25) is 0 Å². The molecule has 1 heterocycles. The molecule has 1 N–H and O–H groups in total. The summed E-state index contributed by atoms with van der Waals surface area (Å²) in [5.74, 6) is 0. The summed E-state index contributed by atoms with van der Waals surface area (Å²) in [4.78, 5) is 2.58. The van der Waals surface area contributed by atoms with Gasteiger partial charge >= 0.3 is 0 Å². The van der Waals surface area contributed by atoms with Gasteiger partial charge in [-0.25, -0.2) is 0 Å². The molecule has 14 heavy (non-hydrogen) atoms. The Morgan fingerprint density at radius 3 is 2.64 bits per heavy atom. The Kier molecular flexibility index (Phi) is 4.39. The smallest absolute Gasteiger partial charge is 0.0107 e. The Morgan fingerprint density at radius 1 is 1.43 bits per heavy atom. The normalized spacial score (nSPS) is 24.0. The number of likely N-dealkylation sites (tertiary alicyclic amines) is 1. The minimum atomic E-state index is 0.552. The van der Waals surface area contributed by atoms with Gasteiger partial charge in [0.05, 0.1) is 0 Å². The van der Waals surface area contributed by atoms with Crippen molar-refractivity contribution in [1.82, 2.24) is 10.2 Å². The molecule has 2 nitrogen and oxygen atoms in total. The molecule has 0 amide bonds. The van der Waals surface area contributed by atoms with E-state index in [1.165, 1.54) is 32.5 Å². The SMILES string of the molecule is CCC(C)NCCN1CCC(C)(C)C1. The molecule has 1 aliphatic rings. The van der Waals surface area contributed by atoms with Crippen LogP contribution in [0.4, 0.5) is 0 Å². The van der Waals surface area contributed by atoms with Crippen LogP contribution in [0.3, 0.4) is 0 Å². The molecule has 0 aromatic rings. The molecular weight excluding hydrogens is 172 g/mol. The second-order valence-electron chi connectivity index (χ2n) is 5.45. The fraction of sp³-hybridized carbons (Fsp3) is 1.00. The lowest BCUT2D eigenvalue weighted by atomic mass is 9.93. The average molecular weight is 198 g/mol. The number of hydrogen-bond donors (Lipinski definition) is 1. The van der Waals surface area contributed by atoms with E-state index >= 15 is 0 Å². The van der Waals surface area contributed by atoms with Gasteiger partial charge in [-0.15, -0.1) is 0 Å². The van der Waals surface area contributed by atoms with Crippen LogP contribution in [0.5, 0.6) is 0 Å². The fourth-order valence-corrected chi connectivity index (χ4v) is 2.03. The Bertz CT molecular complexity index is 166. The molecule has 0 bridgehead atoms. The van der Waals surface area contributed by atoms with Crippen molar-refractivity contribution < 1.29 is 0 Å². The van der Waals surface area contributed by atoms with Gasteiger partial charge in [-0.2, -0.15) is 0 Å². The minimum absolute atomic E-state index is 0.552. The number of rotatable bonds is 5. The fourth-order valence-electron chi connectivity index (χ4n) is 2.03. The van der Waals surface area contributed by atoms with Crippen molar-refractivity contribution in [2.75, 3.05) is 26.2 Å². The minimum Gasteiger partial charge on any atom is -0.313 e. The third-order valence-corrected chi connectivity index (χ3v) is 3.29. The molecule has 1 rings (SSSR count). The topological polar surface area (TPSA) is 15.3 Å². The van der Waals surface area contributed by atoms with Gasteiger partial charge in [0.15, 0.2) is 0 Å². The summed E-state index contributed by atoms with van der Waals surface area (Å²) in [5.41, 5.74) is 0.552. The van der Waals surface area contributed by atoms with E-state index in [1.54, 1.807) is 0 Å². The van der Waals surface area contributed by atoms with Crippen LogP contribution in [0.1, 0.15) is 40.5 Å². The third kappa shape index (κ3) is 3.97. The number of nitrogens with zero attached hydrogens (tertiary/aromatic N) is 1. The van der Waals surface area contributed by atoms with E-state index < -0.39 is 0 Å². The summed E-state index contributed by atoms with van der Waals surface area (Å²) in [5, 5.41) is 3.54. The molecule has 0 saturated carbocycles. The Hall–Kier alpha value is -0.0800. The first-order chi connectivity index (χ1) is 6.53. The van der Waals surface area contributed by atoms with Gasteiger partial charge < -0.3 is 10.2 Å². The summed E-state index contributed by atoms with van der Waals surface area (Å²) in [7, 11) is 0. The lowest BCUT2D eigenvalue weighted by Crippen LogP contribution is -2.35. The average Bonchev–Trinajstić information content (AvgIpc) is 2.45. The maximum Gasteiger partial charge on any atom is 0.0107 e. The van der Waals surface area contributed by atoms with E-state index in [2.05, 4.69) is 37.9 Å². The molecule has 1 atom stereocenters. The van der Waals surface area contributed by atoms with E-state index in [1.807, 2.05) is 0 Å². The third-order valence-electron chi connectivity index (χ3n) is 3.29. The van der Waals surface area contributed by atoms with Crippen LogP contribution < -0.4 is 5.32 Å². The summed E-state index contributed by atoms with van der Waals surface area (Å²) in [6, 6.07) is 0.672. The molecule has 1 aliphatic heterocycles. The molecule has 1 saturated heterocycles. The summed E-state index contributed by atoms with van der Waals surface area (Å²) >= 11 is 0. The maximum atomic E-state index is 3.54. The van der Waals surface area contributed by atoms with Crippen molar-refractivity contribution in [3.63, 3.8) is 0 Å². The maximum absolute atomic E-state index is 3.54. The highest BCUT2D eigenvalue weighted by atomic mass is 15.2. The number of hydrogen-bond acceptors (Lipinski definition) is 2.